The zero-order valence-corrected chi connectivity index (χ0v) is 12.4. The summed E-state index contributed by atoms with van der Waals surface area (Å²) < 4.78 is 0.0572. The van der Waals surface area contributed by atoms with Crippen LogP contribution in [0, 0.1) is 0 Å². The third-order valence-corrected chi connectivity index (χ3v) is 3.60. The lowest BCUT2D eigenvalue weighted by atomic mass is 10.2. The fourth-order valence-corrected chi connectivity index (χ4v) is 2.35. The SMILES string of the molecule is CCCCC/C=C/CC1=NC=C[N+]1(CC(=O)[O-])C(C)N. The van der Waals surface area contributed by atoms with Crippen LogP contribution in [0.3, 0.4) is 0 Å². The maximum atomic E-state index is 11.0. The van der Waals surface area contributed by atoms with Crippen LogP contribution in [-0.4, -0.2) is 29.0 Å². The van der Waals surface area contributed by atoms with E-state index in [0.29, 0.717) is 6.42 Å². The first kappa shape index (κ1) is 16.6. The summed E-state index contributed by atoms with van der Waals surface area (Å²) in [7, 11) is 0. The molecule has 0 spiro atoms. The molecule has 112 valence electrons. The van der Waals surface area contributed by atoms with Crippen LogP contribution in [-0.2, 0) is 4.79 Å². The van der Waals surface area contributed by atoms with Gasteiger partial charge in [-0.2, -0.15) is 0 Å². The highest BCUT2D eigenvalue weighted by Crippen LogP contribution is 2.21. The van der Waals surface area contributed by atoms with Crippen LogP contribution in [0.1, 0.15) is 46.0 Å². The molecule has 0 saturated carbocycles. The fourth-order valence-electron chi connectivity index (χ4n) is 2.35. The molecule has 1 rings (SSSR count). The van der Waals surface area contributed by atoms with E-state index in [4.69, 9.17) is 5.73 Å². The van der Waals surface area contributed by atoms with Gasteiger partial charge in [-0.15, -0.1) is 0 Å². The van der Waals surface area contributed by atoms with Gasteiger partial charge in [-0.05, 0) is 12.8 Å². The molecule has 0 fully saturated rings. The summed E-state index contributed by atoms with van der Waals surface area (Å²) in [4.78, 5) is 15.3. The van der Waals surface area contributed by atoms with E-state index in [1.54, 1.807) is 19.3 Å². The van der Waals surface area contributed by atoms with Gasteiger partial charge in [0.05, 0.1) is 18.6 Å². The number of allylic oxidation sites excluding steroid dienone is 1. The highest BCUT2D eigenvalue weighted by Gasteiger charge is 2.38. The summed E-state index contributed by atoms with van der Waals surface area (Å²) in [5.41, 5.74) is 5.97. The van der Waals surface area contributed by atoms with E-state index in [9.17, 15) is 9.90 Å². The minimum atomic E-state index is -1.12. The molecule has 0 saturated heterocycles. The molecule has 0 aromatic rings. The molecule has 1 aliphatic heterocycles. The summed E-state index contributed by atoms with van der Waals surface area (Å²) in [5.74, 6) is -0.357. The molecular weight excluding hydrogens is 254 g/mol. The Bertz CT molecular complexity index is 413. The lowest BCUT2D eigenvalue weighted by molar-refractivity contribution is -0.807. The molecule has 5 heteroatoms. The van der Waals surface area contributed by atoms with Gasteiger partial charge < -0.3 is 9.90 Å². The van der Waals surface area contributed by atoms with Crippen molar-refractivity contribution in [3.8, 4) is 0 Å². The normalized spacial score (nSPS) is 23.2. The Labute approximate surface area is 121 Å². The van der Waals surface area contributed by atoms with E-state index in [0.717, 1.165) is 12.3 Å². The second-order valence-corrected chi connectivity index (χ2v) is 5.22. The quantitative estimate of drug-likeness (QED) is 0.392. The molecule has 0 radical (unpaired) electrons. The van der Waals surface area contributed by atoms with Crippen molar-refractivity contribution in [3.05, 3.63) is 24.6 Å². The van der Waals surface area contributed by atoms with Gasteiger partial charge in [-0.25, -0.2) is 9.48 Å². The van der Waals surface area contributed by atoms with Crippen LogP contribution < -0.4 is 10.8 Å². The smallest absolute Gasteiger partial charge is 0.213 e. The van der Waals surface area contributed by atoms with Gasteiger partial charge in [0, 0.05) is 6.92 Å². The van der Waals surface area contributed by atoms with Crippen molar-refractivity contribution in [2.24, 2.45) is 10.7 Å². The molecule has 0 bridgehead atoms. The van der Waals surface area contributed by atoms with E-state index in [1.807, 2.05) is 6.08 Å². The fraction of sp³-hybridized carbons (Fsp3) is 0.600. The van der Waals surface area contributed by atoms with Crippen molar-refractivity contribution in [2.45, 2.75) is 52.1 Å². The summed E-state index contributed by atoms with van der Waals surface area (Å²) in [5, 5.41) is 11.0. The number of quaternary nitrogens is 1. The maximum Gasteiger partial charge on any atom is 0.213 e. The van der Waals surface area contributed by atoms with Gasteiger partial charge in [0.1, 0.15) is 18.9 Å². The average molecular weight is 279 g/mol. The van der Waals surface area contributed by atoms with Crippen LogP contribution in [0.4, 0.5) is 0 Å². The summed E-state index contributed by atoms with van der Waals surface area (Å²) in [6, 6.07) is 0. The number of amidine groups is 1. The van der Waals surface area contributed by atoms with Crippen molar-refractivity contribution < 1.29 is 14.4 Å². The highest BCUT2D eigenvalue weighted by molar-refractivity contribution is 5.82. The second-order valence-electron chi connectivity index (χ2n) is 5.22. The number of nitrogens with two attached hydrogens (primary N) is 1. The lowest BCUT2D eigenvalue weighted by Crippen LogP contribution is -2.60. The molecule has 5 nitrogen and oxygen atoms in total. The Morgan fingerprint density at radius 2 is 2.25 bits per heavy atom. The number of carbonyl (C=O) groups is 1. The van der Waals surface area contributed by atoms with Gasteiger partial charge in [0.15, 0.2) is 0 Å². The molecular formula is C15H25N3O2. The van der Waals surface area contributed by atoms with E-state index in [-0.39, 0.29) is 17.2 Å². The van der Waals surface area contributed by atoms with Gasteiger partial charge in [0.25, 0.3) is 0 Å². The number of aliphatic carboxylic acids is 1. The molecule has 2 unspecified atom stereocenters. The molecule has 0 aromatic carbocycles. The van der Waals surface area contributed by atoms with E-state index < -0.39 is 5.97 Å². The molecule has 1 aliphatic rings. The van der Waals surface area contributed by atoms with Crippen LogP contribution in [0.15, 0.2) is 29.5 Å². The topological polar surface area (TPSA) is 78.5 Å². The molecule has 2 atom stereocenters. The number of nitrogens with zero attached hydrogens (tertiary/aromatic N) is 2. The Hall–Kier alpha value is -1.46. The number of carboxylic acid groups (broad SMARTS) is 1. The zero-order chi connectivity index (χ0) is 15.0. The molecule has 0 amide bonds. The van der Waals surface area contributed by atoms with Crippen LogP contribution >= 0.6 is 0 Å². The molecule has 20 heavy (non-hydrogen) atoms. The van der Waals surface area contributed by atoms with Crippen LogP contribution in [0.5, 0.6) is 0 Å². The number of carbonyl (C=O) groups excluding carboxylic acids is 1. The van der Waals surface area contributed by atoms with Gasteiger partial charge in [0.2, 0.25) is 5.84 Å². The van der Waals surface area contributed by atoms with E-state index >= 15 is 0 Å². The molecule has 2 N–H and O–H groups in total. The first-order valence-electron chi connectivity index (χ1n) is 7.25. The van der Waals surface area contributed by atoms with Gasteiger partial charge in [-0.1, -0.05) is 31.9 Å². The Kier molecular flexibility index (Phi) is 6.61. The van der Waals surface area contributed by atoms with Crippen molar-refractivity contribution in [1.29, 1.82) is 0 Å². The molecule has 0 aliphatic carbocycles. The van der Waals surface area contributed by atoms with Crippen molar-refractivity contribution >= 4 is 11.8 Å². The van der Waals surface area contributed by atoms with E-state index in [1.165, 1.54) is 19.3 Å². The zero-order valence-electron chi connectivity index (χ0n) is 12.4. The van der Waals surface area contributed by atoms with Crippen LogP contribution in [0.25, 0.3) is 0 Å². The maximum absolute atomic E-state index is 11.0. The molecule has 0 aromatic heterocycles. The number of hydrogen-bond donors (Lipinski definition) is 1. The number of unbranched alkanes of at least 4 members (excludes halogenated alkanes) is 3. The minimum Gasteiger partial charge on any atom is -0.544 e. The lowest BCUT2D eigenvalue weighted by Gasteiger charge is -2.35. The Morgan fingerprint density at radius 3 is 2.85 bits per heavy atom. The summed E-state index contributed by atoms with van der Waals surface area (Å²) in [6.45, 7) is 3.80. The number of aliphatic imine (C=N–C) groups is 1. The predicted octanol–water partition coefficient (Wildman–Crippen LogP) is 1.27. The monoisotopic (exact) mass is 279 g/mol. The van der Waals surface area contributed by atoms with Crippen molar-refractivity contribution in [2.75, 3.05) is 6.54 Å². The second kappa shape index (κ2) is 7.97. The first-order chi connectivity index (χ1) is 9.53. The standard InChI is InChI=1S/C15H25N3O2/c1-3-4-5-6-7-8-9-14-17-10-11-18(14,13(2)16)12-15(19)20/h7-8,10-11,13H,3-6,9,12,16H2,1-2H3/b8-7+. The van der Waals surface area contributed by atoms with Gasteiger partial charge >= 0.3 is 0 Å². The Morgan fingerprint density at radius 1 is 1.50 bits per heavy atom. The minimum absolute atomic E-state index is 0.0572. The Balaban J connectivity index is 2.62. The average Bonchev–Trinajstić information content (AvgIpc) is 2.77. The van der Waals surface area contributed by atoms with Crippen LogP contribution in [0.2, 0.25) is 0 Å². The van der Waals surface area contributed by atoms with Crippen molar-refractivity contribution in [1.82, 2.24) is 0 Å². The first-order valence-corrected chi connectivity index (χ1v) is 7.25. The number of rotatable bonds is 9. The third-order valence-electron chi connectivity index (χ3n) is 3.60. The summed E-state index contributed by atoms with van der Waals surface area (Å²) >= 11 is 0. The number of carboxylic acids is 1. The predicted molar refractivity (Wildman–Crippen MR) is 78.3 cm³/mol. The van der Waals surface area contributed by atoms with Crippen molar-refractivity contribution in [3.63, 3.8) is 0 Å². The highest BCUT2D eigenvalue weighted by atomic mass is 16.4. The number of hydrogen-bond acceptors (Lipinski definition) is 4. The summed E-state index contributed by atoms with van der Waals surface area (Å²) in [6.07, 6.45) is 12.5. The molecule has 1 heterocycles. The third kappa shape index (κ3) is 4.28. The largest absolute Gasteiger partial charge is 0.544 e. The van der Waals surface area contributed by atoms with Gasteiger partial charge in [-0.3, -0.25) is 5.73 Å². The van der Waals surface area contributed by atoms with E-state index in [2.05, 4.69) is 18.0 Å².